The van der Waals surface area contributed by atoms with Crippen LogP contribution in [0.4, 0.5) is 13.2 Å². The average Bonchev–Trinajstić information content (AvgIpc) is 3.16. The number of benzene rings is 1. The Balaban J connectivity index is 1.57. The molecule has 174 valence electrons. The lowest BCUT2D eigenvalue weighted by Gasteiger charge is -2.50. The number of ether oxygens (including phenoxy) is 1. The Morgan fingerprint density at radius 1 is 1.25 bits per heavy atom. The van der Waals surface area contributed by atoms with E-state index < -0.39 is 47.7 Å². The molecule has 3 aliphatic heterocycles. The van der Waals surface area contributed by atoms with Crippen molar-refractivity contribution in [2.45, 2.75) is 40.0 Å². The fraction of sp³-hybridized carbons (Fsp3) is 0.471. The molecule has 1 spiro atoms. The highest BCUT2D eigenvalue weighted by atomic mass is 32.2. The molecule has 32 heavy (non-hydrogen) atoms. The van der Waals surface area contributed by atoms with Gasteiger partial charge in [-0.3, -0.25) is 10.8 Å². The number of carbonyl (C=O) groups is 1. The summed E-state index contributed by atoms with van der Waals surface area (Å²) >= 11 is -0.345. The van der Waals surface area contributed by atoms with Crippen LogP contribution in [-0.4, -0.2) is 86.4 Å². The van der Waals surface area contributed by atoms with Crippen LogP contribution in [-0.2, 0) is 4.74 Å². The van der Waals surface area contributed by atoms with Crippen LogP contribution < -0.4 is 16.0 Å². The summed E-state index contributed by atoms with van der Waals surface area (Å²) in [7, 11) is 0. The third-order valence-corrected chi connectivity index (χ3v) is 6.35. The lowest BCUT2D eigenvalue weighted by Crippen LogP contribution is -2.80. The number of thioether (sulfide) groups is 1. The second-order valence-electron chi connectivity index (χ2n) is 7.47. The lowest BCUT2D eigenvalue weighted by atomic mass is 9.85. The van der Waals surface area contributed by atoms with Crippen LogP contribution in [0.3, 0.4) is 0 Å². The molecule has 0 aromatic heterocycles. The summed E-state index contributed by atoms with van der Waals surface area (Å²) in [5.74, 6) is -4.40. The fourth-order valence-corrected chi connectivity index (χ4v) is 4.80. The molecule has 0 unspecified atom stereocenters. The molecule has 11 nitrogen and oxygen atoms in total. The molecule has 0 amide bonds. The lowest BCUT2D eigenvalue weighted by molar-refractivity contribution is -0.258. The highest BCUT2D eigenvalue weighted by molar-refractivity contribution is 8.00. The van der Waals surface area contributed by atoms with Gasteiger partial charge in [-0.1, -0.05) is 0 Å². The number of halogens is 3. The first kappa shape index (κ1) is 22.4. The third kappa shape index (κ3) is 3.41. The van der Waals surface area contributed by atoms with E-state index in [4.69, 9.17) is 15.6 Å². The first-order valence-corrected chi connectivity index (χ1v) is 10.1. The zero-order valence-corrected chi connectivity index (χ0v) is 16.9. The summed E-state index contributed by atoms with van der Waals surface area (Å²) in [5.41, 5.74) is -6.49. The number of nitrogens with zero attached hydrogens (tertiary/aromatic N) is 1. The van der Waals surface area contributed by atoms with E-state index in [1.165, 1.54) is 4.90 Å². The van der Waals surface area contributed by atoms with Gasteiger partial charge < -0.3 is 40.9 Å². The smallest absolute Gasteiger partial charge is 0.446 e. The summed E-state index contributed by atoms with van der Waals surface area (Å²) in [5, 5.41) is 55.7. The van der Waals surface area contributed by atoms with Crippen molar-refractivity contribution in [1.82, 2.24) is 20.9 Å². The summed E-state index contributed by atoms with van der Waals surface area (Å²) in [6.45, 7) is -0.837. The van der Waals surface area contributed by atoms with Crippen LogP contribution >= 0.6 is 11.8 Å². The first-order valence-electron chi connectivity index (χ1n) is 9.27. The van der Waals surface area contributed by atoms with Gasteiger partial charge in [0.2, 0.25) is 5.79 Å². The SMILES string of the molecule is N=C1N[C@H]2[C@H](CO)NC(=N)N3C[C@H](OC(=O)c4ccc(SC(F)(F)F)cc4)C(O)(O)[C@]23N1. The fourth-order valence-electron chi connectivity index (χ4n) is 4.26. The minimum Gasteiger partial charge on any atom is -0.451 e. The van der Waals surface area contributed by atoms with E-state index in [0.717, 1.165) is 24.3 Å². The molecule has 4 atom stereocenters. The Bertz CT molecular complexity index is 961. The molecule has 0 saturated carbocycles. The maximum atomic E-state index is 12.6. The quantitative estimate of drug-likeness (QED) is 0.152. The molecule has 0 aliphatic carbocycles. The topological polar surface area (TPSA) is 174 Å². The van der Waals surface area contributed by atoms with Crippen molar-refractivity contribution in [3.05, 3.63) is 29.8 Å². The van der Waals surface area contributed by atoms with Crippen molar-refractivity contribution in [2.24, 2.45) is 0 Å². The van der Waals surface area contributed by atoms with Crippen molar-refractivity contribution in [2.75, 3.05) is 13.2 Å². The average molecular weight is 476 g/mol. The van der Waals surface area contributed by atoms with Gasteiger partial charge in [0.05, 0.1) is 30.8 Å². The van der Waals surface area contributed by atoms with Crippen LogP contribution in [0.1, 0.15) is 10.4 Å². The minimum absolute atomic E-state index is 0.113. The predicted octanol–water partition coefficient (Wildman–Crippen LogP) is -1.09. The predicted molar refractivity (Wildman–Crippen MR) is 104 cm³/mol. The third-order valence-electron chi connectivity index (χ3n) is 5.61. The number of esters is 1. The Hall–Kier alpha value is -2.75. The zero-order chi connectivity index (χ0) is 23.5. The number of nitrogens with one attached hydrogen (secondary N) is 5. The number of rotatable bonds is 4. The van der Waals surface area contributed by atoms with E-state index in [2.05, 4.69) is 16.0 Å². The molecule has 3 heterocycles. The Morgan fingerprint density at radius 3 is 2.50 bits per heavy atom. The van der Waals surface area contributed by atoms with Gasteiger partial charge >= 0.3 is 11.5 Å². The van der Waals surface area contributed by atoms with Crippen LogP contribution in [0, 0.1) is 10.8 Å². The van der Waals surface area contributed by atoms with E-state index in [1.807, 2.05) is 0 Å². The van der Waals surface area contributed by atoms with E-state index >= 15 is 0 Å². The van der Waals surface area contributed by atoms with Crippen LogP contribution in [0.25, 0.3) is 0 Å². The van der Waals surface area contributed by atoms with E-state index in [0.29, 0.717) is 0 Å². The van der Waals surface area contributed by atoms with Gasteiger partial charge in [-0.25, -0.2) is 4.79 Å². The van der Waals surface area contributed by atoms with Gasteiger partial charge in [-0.2, -0.15) is 13.2 Å². The molecule has 3 aliphatic rings. The number of aliphatic hydroxyl groups is 3. The molecule has 0 radical (unpaired) electrons. The van der Waals surface area contributed by atoms with Gasteiger partial charge in [0, 0.05) is 4.90 Å². The highest BCUT2D eigenvalue weighted by Gasteiger charge is 2.75. The second-order valence-corrected chi connectivity index (χ2v) is 8.61. The molecule has 1 aromatic rings. The number of hydrogen-bond acceptors (Lipinski definition) is 8. The number of carbonyl (C=O) groups excluding carboxylic acids is 1. The maximum absolute atomic E-state index is 12.6. The summed E-state index contributed by atoms with van der Waals surface area (Å²) in [4.78, 5) is 13.6. The van der Waals surface area contributed by atoms with Crippen molar-refractivity contribution < 1.29 is 38.0 Å². The molecular weight excluding hydrogens is 457 g/mol. The molecular formula is C17H19F3N6O5S. The van der Waals surface area contributed by atoms with Gasteiger partial charge in [-0.15, -0.1) is 0 Å². The van der Waals surface area contributed by atoms with Gasteiger partial charge in [0.15, 0.2) is 23.7 Å². The summed E-state index contributed by atoms with van der Waals surface area (Å²) < 4.78 is 42.7. The highest BCUT2D eigenvalue weighted by Crippen LogP contribution is 2.44. The van der Waals surface area contributed by atoms with Crippen LogP contribution in [0.15, 0.2) is 29.2 Å². The van der Waals surface area contributed by atoms with Gasteiger partial charge in [0.25, 0.3) is 0 Å². The van der Waals surface area contributed by atoms with E-state index in [-0.39, 0.29) is 40.7 Å². The second kappa shape index (κ2) is 7.40. The summed E-state index contributed by atoms with van der Waals surface area (Å²) in [6, 6.07) is 2.57. The number of hydrogen-bond donors (Lipinski definition) is 8. The minimum atomic E-state index is -4.49. The monoisotopic (exact) mass is 476 g/mol. The van der Waals surface area contributed by atoms with Crippen molar-refractivity contribution >= 4 is 29.7 Å². The standard InChI is InChI=1S/C17H19F3N6O5S/c18-17(19,20)32-8-3-1-7(2-4-8)12(28)31-10-5-26-14(22)23-9(6-27)11-15(26,16(10,29)30)25-13(21)24-11/h1-4,9-11,27,29-30H,5-6H2,(H2,22,23)(H3,21,24,25)/t9-,10-,11-,15-/m0/s1. The zero-order valence-electron chi connectivity index (χ0n) is 16.1. The Kier molecular flexibility index (Phi) is 5.19. The number of guanidine groups is 2. The first-order chi connectivity index (χ1) is 14.9. The molecule has 15 heteroatoms. The molecule has 3 fully saturated rings. The number of aliphatic hydroxyl groups excluding tert-OH is 1. The van der Waals surface area contributed by atoms with Gasteiger partial charge in [-0.05, 0) is 36.0 Å². The van der Waals surface area contributed by atoms with E-state index in [1.54, 1.807) is 0 Å². The van der Waals surface area contributed by atoms with Crippen LogP contribution in [0.5, 0.6) is 0 Å². The van der Waals surface area contributed by atoms with Crippen molar-refractivity contribution in [3.63, 3.8) is 0 Å². The molecule has 0 bridgehead atoms. The maximum Gasteiger partial charge on any atom is 0.446 e. The Labute approximate surface area is 182 Å². The molecule has 1 aromatic carbocycles. The van der Waals surface area contributed by atoms with Crippen molar-refractivity contribution in [3.8, 4) is 0 Å². The van der Waals surface area contributed by atoms with Crippen molar-refractivity contribution in [1.29, 1.82) is 10.8 Å². The molecule has 4 rings (SSSR count). The normalized spacial score (nSPS) is 30.7. The molecule has 8 N–H and O–H groups in total. The number of alkyl halides is 3. The van der Waals surface area contributed by atoms with Gasteiger partial charge in [0.1, 0.15) is 0 Å². The Morgan fingerprint density at radius 2 is 1.91 bits per heavy atom. The van der Waals surface area contributed by atoms with E-state index in [9.17, 15) is 33.3 Å². The van der Waals surface area contributed by atoms with Crippen LogP contribution in [0.2, 0.25) is 0 Å². The largest absolute Gasteiger partial charge is 0.451 e. The molecule has 3 saturated heterocycles. The summed E-state index contributed by atoms with van der Waals surface area (Å²) in [6.07, 6.45) is -1.60.